The van der Waals surface area contributed by atoms with Crippen molar-refractivity contribution in [2.45, 2.75) is 19.3 Å². The molecule has 1 aliphatic heterocycles. The molecule has 0 radical (unpaired) electrons. The maximum atomic E-state index is 13.1. The summed E-state index contributed by atoms with van der Waals surface area (Å²) >= 11 is 0. The quantitative estimate of drug-likeness (QED) is 0.787. The Morgan fingerprint density at radius 3 is 2.75 bits per heavy atom. The molecule has 0 bridgehead atoms. The largest absolute Gasteiger partial charge is 0.492 e. The normalized spacial score (nSPS) is 18.8. The summed E-state index contributed by atoms with van der Waals surface area (Å²) in [5, 5.41) is 0. The molecule has 0 amide bonds. The SMILES string of the molecule is CCOc1ccccc1N1CCC(F)(F)C1. The van der Waals surface area contributed by atoms with E-state index in [1.807, 2.05) is 31.2 Å². The van der Waals surface area contributed by atoms with E-state index in [0.29, 0.717) is 18.9 Å². The van der Waals surface area contributed by atoms with Crippen molar-refractivity contribution in [3.8, 4) is 5.75 Å². The first-order valence-electron chi connectivity index (χ1n) is 5.47. The highest BCUT2D eigenvalue weighted by atomic mass is 19.3. The minimum atomic E-state index is -2.57. The molecule has 0 unspecified atom stereocenters. The van der Waals surface area contributed by atoms with Crippen molar-refractivity contribution in [1.82, 2.24) is 0 Å². The van der Waals surface area contributed by atoms with Gasteiger partial charge in [-0.3, -0.25) is 0 Å². The number of benzene rings is 1. The maximum Gasteiger partial charge on any atom is 0.266 e. The van der Waals surface area contributed by atoms with Crippen molar-refractivity contribution in [3.05, 3.63) is 24.3 Å². The van der Waals surface area contributed by atoms with Crippen molar-refractivity contribution in [2.75, 3.05) is 24.6 Å². The van der Waals surface area contributed by atoms with E-state index in [9.17, 15) is 8.78 Å². The molecule has 16 heavy (non-hydrogen) atoms. The van der Waals surface area contributed by atoms with Gasteiger partial charge in [0.15, 0.2) is 0 Å². The number of halogens is 2. The van der Waals surface area contributed by atoms with Crippen molar-refractivity contribution >= 4 is 5.69 Å². The lowest BCUT2D eigenvalue weighted by Gasteiger charge is -2.21. The highest BCUT2D eigenvalue weighted by molar-refractivity contribution is 5.59. The molecule has 0 saturated carbocycles. The van der Waals surface area contributed by atoms with Crippen LogP contribution >= 0.6 is 0 Å². The predicted molar refractivity (Wildman–Crippen MR) is 59.4 cm³/mol. The van der Waals surface area contributed by atoms with E-state index in [1.165, 1.54) is 0 Å². The van der Waals surface area contributed by atoms with Crippen molar-refractivity contribution < 1.29 is 13.5 Å². The Hall–Kier alpha value is -1.32. The first kappa shape index (κ1) is 11.2. The second kappa shape index (κ2) is 4.28. The Labute approximate surface area is 93.8 Å². The third-order valence-corrected chi connectivity index (χ3v) is 2.68. The van der Waals surface area contributed by atoms with E-state index in [2.05, 4.69) is 0 Å². The van der Waals surface area contributed by atoms with Gasteiger partial charge in [0.2, 0.25) is 0 Å². The number of ether oxygens (including phenoxy) is 1. The van der Waals surface area contributed by atoms with Gasteiger partial charge in [-0.2, -0.15) is 0 Å². The third kappa shape index (κ3) is 2.26. The number of anilines is 1. The molecule has 0 N–H and O–H groups in total. The van der Waals surface area contributed by atoms with Crippen LogP contribution in [0.4, 0.5) is 14.5 Å². The molecule has 1 aromatic carbocycles. The van der Waals surface area contributed by atoms with Gasteiger partial charge < -0.3 is 9.64 Å². The maximum absolute atomic E-state index is 13.1. The lowest BCUT2D eigenvalue weighted by molar-refractivity contribution is 0.0257. The highest BCUT2D eigenvalue weighted by Gasteiger charge is 2.38. The van der Waals surface area contributed by atoms with Gasteiger partial charge in [-0.05, 0) is 19.1 Å². The molecular formula is C12H15F2NO. The Morgan fingerprint density at radius 1 is 1.38 bits per heavy atom. The zero-order valence-electron chi connectivity index (χ0n) is 9.25. The van der Waals surface area contributed by atoms with E-state index in [4.69, 9.17) is 4.74 Å². The summed E-state index contributed by atoms with van der Waals surface area (Å²) in [6.45, 7) is 2.60. The second-order valence-corrected chi connectivity index (χ2v) is 3.93. The van der Waals surface area contributed by atoms with Crippen LogP contribution in [-0.4, -0.2) is 25.6 Å². The van der Waals surface area contributed by atoms with Gasteiger partial charge in [0.05, 0.1) is 18.8 Å². The second-order valence-electron chi connectivity index (χ2n) is 3.93. The topological polar surface area (TPSA) is 12.5 Å². The van der Waals surface area contributed by atoms with E-state index in [-0.39, 0.29) is 13.0 Å². The average molecular weight is 227 g/mol. The number of para-hydroxylation sites is 2. The van der Waals surface area contributed by atoms with Crippen LogP contribution in [-0.2, 0) is 0 Å². The van der Waals surface area contributed by atoms with Gasteiger partial charge >= 0.3 is 0 Å². The van der Waals surface area contributed by atoms with Gasteiger partial charge in [0.25, 0.3) is 5.92 Å². The predicted octanol–water partition coefficient (Wildman–Crippen LogP) is 2.93. The number of hydrogen-bond acceptors (Lipinski definition) is 2. The summed E-state index contributed by atoms with van der Waals surface area (Å²) < 4.78 is 31.7. The Kier molecular flexibility index (Phi) is 2.99. The summed E-state index contributed by atoms with van der Waals surface area (Å²) in [6.07, 6.45) is -0.0759. The zero-order chi connectivity index (χ0) is 11.6. The lowest BCUT2D eigenvalue weighted by Crippen LogP contribution is -2.25. The van der Waals surface area contributed by atoms with E-state index >= 15 is 0 Å². The fraction of sp³-hybridized carbons (Fsp3) is 0.500. The molecule has 0 atom stereocenters. The van der Waals surface area contributed by atoms with E-state index in [1.54, 1.807) is 4.90 Å². The first-order valence-corrected chi connectivity index (χ1v) is 5.47. The fourth-order valence-corrected chi connectivity index (χ4v) is 1.94. The van der Waals surface area contributed by atoms with Gasteiger partial charge in [-0.25, -0.2) is 8.78 Å². The van der Waals surface area contributed by atoms with Crippen LogP contribution < -0.4 is 9.64 Å². The molecule has 1 fully saturated rings. The summed E-state index contributed by atoms with van der Waals surface area (Å²) in [7, 11) is 0. The summed E-state index contributed by atoms with van der Waals surface area (Å²) in [4.78, 5) is 1.69. The standard InChI is InChI=1S/C12H15F2NO/c1-2-16-11-6-4-3-5-10(11)15-8-7-12(13,14)9-15/h3-6H,2,7-9H2,1H3. The van der Waals surface area contributed by atoms with Crippen molar-refractivity contribution in [2.24, 2.45) is 0 Å². The van der Waals surface area contributed by atoms with E-state index < -0.39 is 5.92 Å². The molecule has 1 aliphatic rings. The molecule has 0 spiro atoms. The zero-order valence-corrected chi connectivity index (χ0v) is 9.25. The van der Waals surface area contributed by atoms with Crippen LogP contribution in [0.3, 0.4) is 0 Å². The van der Waals surface area contributed by atoms with Crippen LogP contribution in [0.2, 0.25) is 0 Å². The van der Waals surface area contributed by atoms with Crippen LogP contribution in [0, 0.1) is 0 Å². The van der Waals surface area contributed by atoms with Gasteiger partial charge in [-0.1, -0.05) is 12.1 Å². The molecule has 4 heteroatoms. The minimum Gasteiger partial charge on any atom is -0.492 e. The Balaban J connectivity index is 2.20. The Morgan fingerprint density at radius 2 is 2.12 bits per heavy atom. The molecule has 1 heterocycles. The number of hydrogen-bond donors (Lipinski definition) is 0. The van der Waals surface area contributed by atoms with Crippen molar-refractivity contribution in [3.63, 3.8) is 0 Å². The smallest absolute Gasteiger partial charge is 0.266 e. The summed E-state index contributed by atoms with van der Waals surface area (Å²) in [6, 6.07) is 7.33. The molecule has 88 valence electrons. The Bertz CT molecular complexity index is 368. The fourth-order valence-electron chi connectivity index (χ4n) is 1.94. The molecule has 2 rings (SSSR count). The van der Waals surface area contributed by atoms with E-state index in [0.717, 1.165) is 5.69 Å². The number of nitrogens with zero attached hydrogens (tertiary/aromatic N) is 1. The highest BCUT2D eigenvalue weighted by Crippen LogP contribution is 2.35. The number of rotatable bonds is 3. The van der Waals surface area contributed by atoms with Crippen molar-refractivity contribution in [1.29, 1.82) is 0 Å². The third-order valence-electron chi connectivity index (χ3n) is 2.68. The summed E-state index contributed by atoms with van der Waals surface area (Å²) in [5.41, 5.74) is 0.765. The monoisotopic (exact) mass is 227 g/mol. The number of alkyl halides is 2. The minimum absolute atomic E-state index is 0.0759. The van der Waals surface area contributed by atoms with Gasteiger partial charge in [-0.15, -0.1) is 0 Å². The van der Waals surface area contributed by atoms with Gasteiger partial charge in [0.1, 0.15) is 5.75 Å². The van der Waals surface area contributed by atoms with Crippen LogP contribution in [0.5, 0.6) is 5.75 Å². The molecule has 1 saturated heterocycles. The first-order chi connectivity index (χ1) is 7.62. The van der Waals surface area contributed by atoms with Gasteiger partial charge in [0, 0.05) is 13.0 Å². The van der Waals surface area contributed by atoms with Crippen LogP contribution in [0.15, 0.2) is 24.3 Å². The lowest BCUT2D eigenvalue weighted by atomic mass is 10.2. The van der Waals surface area contributed by atoms with Crippen LogP contribution in [0.25, 0.3) is 0 Å². The molecule has 0 aliphatic carbocycles. The molecular weight excluding hydrogens is 212 g/mol. The average Bonchev–Trinajstić information content (AvgIpc) is 2.60. The molecule has 2 nitrogen and oxygen atoms in total. The molecule has 0 aromatic heterocycles. The summed E-state index contributed by atoms with van der Waals surface area (Å²) in [5.74, 6) is -1.89. The molecule has 1 aromatic rings. The van der Waals surface area contributed by atoms with Crippen LogP contribution in [0.1, 0.15) is 13.3 Å².